The average molecular weight is 334 g/mol. The van der Waals surface area contributed by atoms with Gasteiger partial charge in [-0.15, -0.1) is 0 Å². The molecule has 128 valence electrons. The van der Waals surface area contributed by atoms with Crippen molar-refractivity contribution in [3.8, 4) is 0 Å². The topological polar surface area (TPSA) is 48.8 Å². The molecule has 3 aromatic rings. The number of likely N-dealkylation sites (tertiary alicyclic amines) is 1. The highest BCUT2D eigenvalue weighted by Crippen LogP contribution is 2.16. The monoisotopic (exact) mass is 334 g/mol. The molecule has 0 unspecified atom stereocenters. The van der Waals surface area contributed by atoms with Crippen LogP contribution in [0.1, 0.15) is 30.4 Å². The number of nitrogens with zero attached hydrogens (tertiary/aromatic N) is 4. The van der Waals surface area contributed by atoms with Gasteiger partial charge in [-0.2, -0.15) is 5.10 Å². The lowest BCUT2D eigenvalue weighted by molar-refractivity contribution is -0.670. The molecule has 0 saturated carbocycles. The lowest BCUT2D eigenvalue weighted by atomic mass is 10.1. The molecule has 1 saturated heterocycles. The van der Waals surface area contributed by atoms with E-state index in [2.05, 4.69) is 46.5 Å². The molecule has 25 heavy (non-hydrogen) atoms. The number of nitrogens with one attached hydrogen (secondary N) is 1. The van der Waals surface area contributed by atoms with Gasteiger partial charge in [0.2, 0.25) is 0 Å². The summed E-state index contributed by atoms with van der Waals surface area (Å²) in [5, 5.41) is 14.1. The number of aryl methyl sites for hydroxylation is 1. The minimum Gasteiger partial charge on any atom is -0.357 e. The minimum atomic E-state index is 0.655. The predicted octanol–water partition coefficient (Wildman–Crippen LogP) is 2.72. The van der Waals surface area contributed by atoms with Gasteiger partial charge in [-0.25, -0.2) is 4.57 Å². The van der Waals surface area contributed by atoms with Crippen molar-refractivity contribution in [2.45, 2.75) is 25.8 Å². The van der Waals surface area contributed by atoms with E-state index in [-0.39, 0.29) is 0 Å². The molecule has 1 aliphatic heterocycles. The van der Waals surface area contributed by atoms with Gasteiger partial charge in [0, 0.05) is 30.1 Å². The minimum absolute atomic E-state index is 0.655. The first-order valence-corrected chi connectivity index (χ1v) is 8.94. The second-order valence-electron chi connectivity index (χ2n) is 6.85. The quantitative estimate of drug-likeness (QED) is 0.455. The van der Waals surface area contributed by atoms with Crippen molar-refractivity contribution in [2.24, 2.45) is 7.05 Å². The molecule has 0 atom stereocenters. The number of pyridine rings is 1. The van der Waals surface area contributed by atoms with Crippen LogP contribution in [-0.2, 0) is 13.6 Å². The fourth-order valence-corrected chi connectivity index (χ4v) is 3.48. The van der Waals surface area contributed by atoms with E-state index in [0.717, 1.165) is 36.1 Å². The van der Waals surface area contributed by atoms with Crippen molar-refractivity contribution < 1.29 is 4.57 Å². The molecule has 0 radical (unpaired) electrons. The Morgan fingerprint density at radius 1 is 1.12 bits per heavy atom. The summed E-state index contributed by atoms with van der Waals surface area (Å²) in [6, 6.07) is 10.5. The standard InChI is InChI=1S/C20H24N5/c1-23-12-9-18-13-22-25(19(18)15-23)14-16-5-7-17(8-6-16)20(21)24-10-3-2-4-11-24/h5-9,12-13,15,21H,2-4,10-11,14H2,1H3/q+1. The van der Waals surface area contributed by atoms with E-state index in [4.69, 9.17) is 5.41 Å². The highest BCUT2D eigenvalue weighted by Gasteiger charge is 2.15. The van der Waals surface area contributed by atoms with Gasteiger partial charge in [0.25, 0.3) is 0 Å². The molecule has 5 nitrogen and oxygen atoms in total. The highest BCUT2D eigenvalue weighted by atomic mass is 15.3. The SMILES string of the molecule is C[n+]1ccc2cnn(Cc3ccc(C(=N)N4CCCCC4)cc3)c2c1. The van der Waals surface area contributed by atoms with Crippen molar-refractivity contribution in [3.05, 3.63) is 60.0 Å². The molecular formula is C20H24N5+. The van der Waals surface area contributed by atoms with E-state index in [1.54, 1.807) is 0 Å². The average Bonchev–Trinajstić information content (AvgIpc) is 3.04. The first kappa shape index (κ1) is 15.8. The molecule has 1 aliphatic rings. The maximum atomic E-state index is 8.43. The maximum absolute atomic E-state index is 8.43. The van der Waals surface area contributed by atoms with E-state index in [9.17, 15) is 0 Å². The molecule has 1 aromatic carbocycles. The van der Waals surface area contributed by atoms with Gasteiger partial charge in [0.15, 0.2) is 12.4 Å². The largest absolute Gasteiger partial charge is 0.357 e. The lowest BCUT2D eigenvalue weighted by Crippen LogP contribution is -2.35. The van der Waals surface area contributed by atoms with Gasteiger partial charge in [0.1, 0.15) is 18.4 Å². The van der Waals surface area contributed by atoms with Gasteiger partial charge < -0.3 is 4.90 Å². The molecule has 0 amide bonds. The van der Waals surface area contributed by atoms with Crippen LogP contribution in [0.15, 0.2) is 48.9 Å². The van der Waals surface area contributed by atoms with Crippen molar-refractivity contribution in [2.75, 3.05) is 13.1 Å². The van der Waals surface area contributed by atoms with Crippen LogP contribution in [0.5, 0.6) is 0 Å². The van der Waals surface area contributed by atoms with E-state index in [0.29, 0.717) is 5.84 Å². The van der Waals surface area contributed by atoms with Crippen LogP contribution < -0.4 is 4.57 Å². The Morgan fingerprint density at radius 3 is 2.64 bits per heavy atom. The molecular weight excluding hydrogens is 310 g/mol. The Morgan fingerprint density at radius 2 is 1.88 bits per heavy atom. The molecule has 3 heterocycles. The van der Waals surface area contributed by atoms with Crippen LogP contribution in [0.4, 0.5) is 0 Å². The fraction of sp³-hybridized carbons (Fsp3) is 0.350. The van der Waals surface area contributed by atoms with Crippen LogP contribution in [-0.4, -0.2) is 33.6 Å². The zero-order chi connectivity index (χ0) is 17.2. The van der Waals surface area contributed by atoms with E-state index in [1.165, 1.54) is 24.8 Å². The number of amidine groups is 1. The zero-order valence-corrected chi connectivity index (χ0v) is 14.7. The third-order valence-corrected chi connectivity index (χ3v) is 4.96. The predicted molar refractivity (Wildman–Crippen MR) is 98.7 cm³/mol. The second-order valence-corrected chi connectivity index (χ2v) is 6.85. The van der Waals surface area contributed by atoms with Crippen LogP contribution in [0.2, 0.25) is 0 Å². The number of piperidine rings is 1. The Bertz CT molecular complexity index is 888. The normalized spacial score (nSPS) is 14.8. The Labute approximate surface area is 148 Å². The third kappa shape index (κ3) is 3.27. The summed E-state index contributed by atoms with van der Waals surface area (Å²) < 4.78 is 4.07. The first-order valence-electron chi connectivity index (χ1n) is 8.94. The Kier molecular flexibility index (Phi) is 4.22. The van der Waals surface area contributed by atoms with Crippen LogP contribution in [0, 0.1) is 5.41 Å². The number of aromatic nitrogens is 3. The van der Waals surface area contributed by atoms with E-state index in [1.807, 2.05) is 28.7 Å². The van der Waals surface area contributed by atoms with Gasteiger partial charge in [-0.05, 0) is 24.8 Å². The summed E-state index contributed by atoms with van der Waals surface area (Å²) in [5.41, 5.74) is 3.34. The second kappa shape index (κ2) is 6.67. The Hall–Kier alpha value is -2.69. The van der Waals surface area contributed by atoms with E-state index >= 15 is 0 Å². The maximum Gasteiger partial charge on any atom is 0.194 e. The summed E-state index contributed by atoms with van der Waals surface area (Å²) >= 11 is 0. The highest BCUT2D eigenvalue weighted by molar-refractivity contribution is 5.96. The van der Waals surface area contributed by atoms with Gasteiger partial charge in [-0.3, -0.25) is 10.1 Å². The molecule has 1 N–H and O–H groups in total. The van der Waals surface area contributed by atoms with Crippen molar-refractivity contribution >= 4 is 16.7 Å². The van der Waals surface area contributed by atoms with E-state index < -0.39 is 0 Å². The summed E-state index contributed by atoms with van der Waals surface area (Å²) in [4.78, 5) is 2.19. The number of hydrogen-bond acceptors (Lipinski definition) is 2. The lowest BCUT2D eigenvalue weighted by Gasteiger charge is -2.29. The molecule has 0 bridgehead atoms. The van der Waals surface area contributed by atoms with Crippen LogP contribution in [0.3, 0.4) is 0 Å². The van der Waals surface area contributed by atoms with Crippen molar-refractivity contribution in [3.63, 3.8) is 0 Å². The molecule has 5 heteroatoms. The Balaban J connectivity index is 1.51. The van der Waals surface area contributed by atoms with Gasteiger partial charge in [0.05, 0.1) is 12.7 Å². The molecule has 4 rings (SSSR count). The van der Waals surface area contributed by atoms with Crippen molar-refractivity contribution in [1.82, 2.24) is 14.7 Å². The number of hydrogen-bond donors (Lipinski definition) is 1. The fourth-order valence-electron chi connectivity index (χ4n) is 3.48. The summed E-state index contributed by atoms with van der Waals surface area (Å²) in [6.45, 7) is 2.76. The van der Waals surface area contributed by atoms with Crippen LogP contribution in [0.25, 0.3) is 10.9 Å². The number of fused-ring (bicyclic) bond motifs is 1. The number of benzene rings is 1. The first-order chi connectivity index (χ1) is 12.2. The van der Waals surface area contributed by atoms with Crippen LogP contribution >= 0.6 is 0 Å². The summed E-state index contributed by atoms with van der Waals surface area (Å²) in [7, 11) is 2.03. The summed E-state index contributed by atoms with van der Waals surface area (Å²) in [5.74, 6) is 0.655. The van der Waals surface area contributed by atoms with Gasteiger partial charge in [-0.1, -0.05) is 24.3 Å². The van der Waals surface area contributed by atoms with Crippen molar-refractivity contribution in [1.29, 1.82) is 5.41 Å². The molecule has 0 spiro atoms. The zero-order valence-electron chi connectivity index (χ0n) is 14.7. The smallest absolute Gasteiger partial charge is 0.194 e. The van der Waals surface area contributed by atoms with Gasteiger partial charge >= 0.3 is 0 Å². The molecule has 2 aromatic heterocycles. The molecule has 1 fully saturated rings. The molecule has 0 aliphatic carbocycles. The number of rotatable bonds is 3. The third-order valence-electron chi connectivity index (χ3n) is 4.96. The summed E-state index contributed by atoms with van der Waals surface area (Å²) in [6.07, 6.45) is 9.74.